The normalized spacial score (nSPS) is 26.6. The number of aryl methyl sites for hydroxylation is 1. The third-order valence-electron chi connectivity index (χ3n) is 9.45. The van der Waals surface area contributed by atoms with E-state index in [4.69, 9.17) is 15.0 Å². The van der Waals surface area contributed by atoms with Crippen molar-refractivity contribution in [2.75, 3.05) is 17.2 Å². The van der Waals surface area contributed by atoms with E-state index < -0.39 is 18.2 Å². The maximum absolute atomic E-state index is 12.8. The average molecular weight is 577 g/mol. The zero-order chi connectivity index (χ0) is 28.1. The van der Waals surface area contributed by atoms with Crippen molar-refractivity contribution in [3.8, 4) is 10.6 Å². The fraction of sp³-hybridized carbons (Fsp3) is 0.645. The van der Waals surface area contributed by atoms with E-state index >= 15 is 0 Å². The largest absolute Gasteiger partial charge is 0.390 e. The molecule has 0 aliphatic heterocycles. The Morgan fingerprint density at radius 2 is 1.80 bits per heavy atom. The molecule has 0 aromatic carbocycles. The summed E-state index contributed by atoms with van der Waals surface area (Å²) in [6.07, 6.45) is 10.8. The number of Topliss-reactive ketones (excluding diaryl/α,β-unsaturated/α-hetero) is 1. The molecule has 3 aromatic rings. The molecule has 0 radical (unpaired) electrons. The topological polar surface area (TPSA) is 133 Å². The first-order valence-corrected chi connectivity index (χ1v) is 16.3. The van der Waals surface area contributed by atoms with Gasteiger partial charge >= 0.3 is 0 Å². The lowest BCUT2D eigenvalue weighted by atomic mass is 9.92. The Balaban J connectivity index is 1.16. The molecule has 7 rings (SSSR count). The molecule has 4 aliphatic carbocycles. The lowest BCUT2D eigenvalue weighted by Crippen LogP contribution is -2.35. The van der Waals surface area contributed by atoms with Gasteiger partial charge in [-0.1, -0.05) is 25.7 Å². The van der Waals surface area contributed by atoms with Crippen LogP contribution in [0.4, 0.5) is 11.8 Å². The second kappa shape index (κ2) is 11.2. The molecule has 218 valence electrons. The first-order valence-electron chi connectivity index (χ1n) is 15.5. The van der Waals surface area contributed by atoms with E-state index in [0.717, 1.165) is 64.4 Å². The highest BCUT2D eigenvalue weighted by atomic mass is 32.1. The Labute approximate surface area is 244 Å². The molecule has 4 fully saturated rings. The van der Waals surface area contributed by atoms with Crippen molar-refractivity contribution in [1.82, 2.24) is 19.9 Å². The molecule has 0 spiro atoms. The van der Waals surface area contributed by atoms with Gasteiger partial charge in [-0.25, -0.2) is 9.97 Å². The lowest BCUT2D eigenvalue weighted by Gasteiger charge is -2.21. The highest BCUT2D eigenvalue weighted by Crippen LogP contribution is 2.45. The SMILES string of the molecule is Cc1nc(NCC2CC2)nc(N[C@@H]2C[C@H](CC(=O)CC3CCCC3)[C@@H](O)[C@H]2O)c1-c1nc2c(C3CC3)nccc2s1. The minimum absolute atomic E-state index is 0.202. The highest BCUT2D eigenvalue weighted by molar-refractivity contribution is 7.21. The van der Waals surface area contributed by atoms with E-state index in [1.165, 1.54) is 25.7 Å². The quantitative estimate of drug-likeness (QED) is 0.242. The van der Waals surface area contributed by atoms with Crippen LogP contribution in [0.1, 0.15) is 87.9 Å². The van der Waals surface area contributed by atoms with Gasteiger partial charge in [-0.05, 0) is 62.8 Å². The van der Waals surface area contributed by atoms with Crippen LogP contribution in [0.15, 0.2) is 12.3 Å². The Kier molecular flexibility index (Phi) is 7.41. The number of nitrogens with one attached hydrogen (secondary N) is 2. The maximum Gasteiger partial charge on any atom is 0.224 e. The Morgan fingerprint density at radius 1 is 1.00 bits per heavy atom. The second-order valence-corrected chi connectivity index (χ2v) is 13.9. The lowest BCUT2D eigenvalue weighted by molar-refractivity contribution is -0.121. The van der Waals surface area contributed by atoms with E-state index in [1.54, 1.807) is 11.3 Å². The van der Waals surface area contributed by atoms with Crippen LogP contribution in [-0.2, 0) is 4.79 Å². The zero-order valence-electron chi connectivity index (χ0n) is 23.7. The summed E-state index contributed by atoms with van der Waals surface area (Å²) < 4.78 is 1.09. The van der Waals surface area contributed by atoms with Crippen LogP contribution in [0.3, 0.4) is 0 Å². The summed E-state index contributed by atoms with van der Waals surface area (Å²) in [5, 5.41) is 29.7. The third kappa shape index (κ3) is 5.83. The molecule has 10 heteroatoms. The predicted octanol–water partition coefficient (Wildman–Crippen LogP) is 5.22. The first-order chi connectivity index (χ1) is 19.9. The van der Waals surface area contributed by atoms with Crippen LogP contribution in [0, 0.1) is 24.7 Å². The van der Waals surface area contributed by atoms with Gasteiger partial charge < -0.3 is 20.8 Å². The van der Waals surface area contributed by atoms with Crippen molar-refractivity contribution in [1.29, 1.82) is 0 Å². The highest BCUT2D eigenvalue weighted by Gasteiger charge is 2.43. The van der Waals surface area contributed by atoms with Gasteiger partial charge in [0.1, 0.15) is 28.2 Å². The summed E-state index contributed by atoms with van der Waals surface area (Å²) in [6.45, 7) is 2.81. The summed E-state index contributed by atoms with van der Waals surface area (Å²) in [5.41, 5.74) is 3.64. The molecule has 0 saturated heterocycles. The monoisotopic (exact) mass is 576 g/mol. The van der Waals surface area contributed by atoms with Crippen molar-refractivity contribution in [2.45, 2.75) is 102 Å². The summed E-state index contributed by atoms with van der Waals surface area (Å²) >= 11 is 1.61. The molecule has 9 nitrogen and oxygen atoms in total. The third-order valence-corrected chi connectivity index (χ3v) is 10.5. The number of pyridine rings is 1. The molecular formula is C31H40N6O3S. The zero-order valence-corrected chi connectivity index (χ0v) is 24.5. The van der Waals surface area contributed by atoms with Crippen molar-refractivity contribution in [3.63, 3.8) is 0 Å². The van der Waals surface area contributed by atoms with Crippen molar-refractivity contribution >= 4 is 39.1 Å². The standard InChI is InChI=1S/C31H40N6O3S/c1-16-24(30-36-26-23(41-30)10-11-32-25(26)19-8-9-19)29(37-31(34-16)33-15-18-6-7-18)35-22-14-20(27(39)28(22)40)13-21(38)12-17-4-2-3-5-17/h10-11,17-20,22,27-28,39-40H,2-9,12-15H2,1H3,(H2,33,34,35,37)/t20-,22+,27+,28-/m0/s1. The van der Waals surface area contributed by atoms with Crippen molar-refractivity contribution in [2.24, 2.45) is 17.8 Å². The van der Waals surface area contributed by atoms with Gasteiger partial charge in [0.25, 0.3) is 0 Å². The number of anilines is 2. The summed E-state index contributed by atoms with van der Waals surface area (Å²) in [5.74, 6) is 2.72. The van der Waals surface area contributed by atoms with Crippen LogP contribution in [0.5, 0.6) is 0 Å². The maximum atomic E-state index is 12.8. The fourth-order valence-corrected chi connectivity index (χ4v) is 7.83. The number of aliphatic hydroxyl groups is 2. The Bertz CT molecular complexity index is 1430. The molecule has 0 bridgehead atoms. The van der Waals surface area contributed by atoms with Crippen LogP contribution in [0.25, 0.3) is 20.8 Å². The number of fused-ring (bicyclic) bond motifs is 1. The van der Waals surface area contributed by atoms with Crippen LogP contribution >= 0.6 is 11.3 Å². The van der Waals surface area contributed by atoms with Crippen LogP contribution in [0.2, 0.25) is 0 Å². The van der Waals surface area contributed by atoms with Crippen LogP contribution < -0.4 is 10.6 Å². The molecule has 4 saturated carbocycles. The number of nitrogens with zero attached hydrogens (tertiary/aromatic N) is 4. The number of thiazole rings is 1. The molecule has 3 heterocycles. The van der Waals surface area contributed by atoms with E-state index in [0.29, 0.717) is 48.8 Å². The predicted molar refractivity (Wildman–Crippen MR) is 160 cm³/mol. The van der Waals surface area contributed by atoms with E-state index in [-0.39, 0.29) is 11.7 Å². The number of aliphatic hydroxyl groups excluding tert-OH is 2. The number of ketones is 1. The molecule has 4 aliphatic rings. The smallest absolute Gasteiger partial charge is 0.224 e. The first kappa shape index (κ1) is 27.2. The van der Waals surface area contributed by atoms with E-state index in [2.05, 4.69) is 15.6 Å². The molecule has 3 aromatic heterocycles. The molecule has 41 heavy (non-hydrogen) atoms. The van der Waals surface area contributed by atoms with Gasteiger partial charge in [-0.3, -0.25) is 9.78 Å². The second-order valence-electron chi connectivity index (χ2n) is 12.8. The summed E-state index contributed by atoms with van der Waals surface area (Å²) in [7, 11) is 0. The Morgan fingerprint density at radius 3 is 2.56 bits per heavy atom. The molecule has 0 amide bonds. The molecular weight excluding hydrogens is 536 g/mol. The molecule has 4 N–H and O–H groups in total. The minimum Gasteiger partial charge on any atom is -0.390 e. The molecule has 0 unspecified atom stereocenters. The number of aromatic nitrogens is 4. The Hall–Kier alpha value is -2.69. The number of hydrogen-bond acceptors (Lipinski definition) is 10. The van der Waals surface area contributed by atoms with Crippen molar-refractivity contribution in [3.05, 3.63) is 23.7 Å². The number of hydrogen-bond donors (Lipinski definition) is 4. The van der Waals surface area contributed by atoms with Gasteiger partial charge in [0.15, 0.2) is 0 Å². The summed E-state index contributed by atoms with van der Waals surface area (Å²) in [6, 6.07) is 1.58. The average Bonchev–Trinajstić information content (AvgIpc) is 3.86. The van der Waals surface area contributed by atoms with E-state index in [9.17, 15) is 15.0 Å². The van der Waals surface area contributed by atoms with Gasteiger partial charge in [-0.2, -0.15) is 4.98 Å². The number of carbonyl (C=O) groups is 1. The number of carbonyl (C=O) groups excluding carboxylic acids is 1. The van der Waals surface area contributed by atoms with Crippen molar-refractivity contribution < 1.29 is 15.0 Å². The fourth-order valence-electron chi connectivity index (χ4n) is 6.77. The van der Waals surface area contributed by atoms with Gasteiger partial charge in [0.05, 0.1) is 33.8 Å². The molecule has 4 atom stereocenters. The van der Waals surface area contributed by atoms with Gasteiger partial charge in [0, 0.05) is 31.5 Å². The van der Waals surface area contributed by atoms with E-state index in [1.807, 2.05) is 19.2 Å². The number of rotatable bonds is 11. The summed E-state index contributed by atoms with van der Waals surface area (Å²) in [4.78, 5) is 32.2. The van der Waals surface area contributed by atoms with Gasteiger partial charge in [0.2, 0.25) is 5.95 Å². The van der Waals surface area contributed by atoms with Gasteiger partial charge in [-0.15, -0.1) is 11.3 Å². The minimum atomic E-state index is -0.994. The van der Waals surface area contributed by atoms with Crippen LogP contribution in [-0.4, -0.2) is 60.7 Å².